The Morgan fingerprint density at radius 2 is 1.58 bits per heavy atom. The molecule has 1 aromatic carbocycles. The molecule has 10 heteroatoms. The van der Waals surface area contributed by atoms with E-state index in [0.717, 1.165) is 11.0 Å². The van der Waals surface area contributed by atoms with E-state index in [1.54, 1.807) is 9.80 Å². The third-order valence-electron chi connectivity index (χ3n) is 5.50. The van der Waals surface area contributed by atoms with Crippen LogP contribution in [0.15, 0.2) is 18.2 Å². The lowest BCUT2D eigenvalue weighted by Gasteiger charge is -2.37. The molecule has 0 atom stereocenters. The van der Waals surface area contributed by atoms with Gasteiger partial charge in [-0.2, -0.15) is 0 Å². The van der Waals surface area contributed by atoms with Crippen LogP contribution < -0.4 is 0 Å². The van der Waals surface area contributed by atoms with E-state index < -0.39 is 22.2 Å². The molecule has 0 saturated carbocycles. The Hall–Kier alpha value is -3.30. The van der Waals surface area contributed by atoms with E-state index in [0.29, 0.717) is 32.6 Å². The number of piperazine rings is 1. The monoisotopic (exact) mass is 430 g/mol. The summed E-state index contributed by atoms with van der Waals surface area (Å²) in [5, 5.41) is 10.9. The molecule has 1 saturated heterocycles. The average molecular weight is 430 g/mol. The summed E-state index contributed by atoms with van der Waals surface area (Å²) in [6.45, 7) is 7.54. The number of rotatable bonds is 5. The third-order valence-corrected chi connectivity index (χ3v) is 5.50. The predicted molar refractivity (Wildman–Crippen MR) is 110 cm³/mol. The van der Waals surface area contributed by atoms with Gasteiger partial charge in [-0.15, -0.1) is 0 Å². The Kier molecular flexibility index (Phi) is 6.10. The smallest absolute Gasteiger partial charge is 0.270 e. The maximum absolute atomic E-state index is 12.5. The van der Waals surface area contributed by atoms with Crippen molar-refractivity contribution in [1.29, 1.82) is 0 Å². The first-order chi connectivity index (χ1) is 14.5. The lowest BCUT2D eigenvalue weighted by molar-refractivity contribution is -0.384. The van der Waals surface area contributed by atoms with Crippen LogP contribution in [0.2, 0.25) is 0 Å². The van der Waals surface area contributed by atoms with Crippen LogP contribution in [0.5, 0.6) is 0 Å². The maximum Gasteiger partial charge on any atom is 0.270 e. The second-order valence-electron chi connectivity index (χ2n) is 8.78. The standard InChI is InChI=1S/C21H26N4O6/c1-21(2,3)20(29)23-11-9-22(10-12-23)17(26)5-4-8-24-18(27)15-7-6-14(25(30)31)13-16(15)19(24)28/h6-7,13H,4-5,8-12H2,1-3H3. The second kappa shape index (κ2) is 8.44. The number of fused-ring (bicyclic) bond motifs is 1. The first kappa shape index (κ1) is 22.4. The maximum atomic E-state index is 12.5. The number of benzene rings is 1. The van der Waals surface area contributed by atoms with Crippen molar-refractivity contribution in [2.24, 2.45) is 5.41 Å². The van der Waals surface area contributed by atoms with E-state index in [4.69, 9.17) is 0 Å². The van der Waals surface area contributed by atoms with Gasteiger partial charge in [0.05, 0.1) is 16.1 Å². The van der Waals surface area contributed by atoms with Gasteiger partial charge in [-0.1, -0.05) is 20.8 Å². The summed E-state index contributed by atoms with van der Waals surface area (Å²) >= 11 is 0. The molecule has 0 unspecified atom stereocenters. The second-order valence-corrected chi connectivity index (χ2v) is 8.78. The fourth-order valence-electron chi connectivity index (χ4n) is 3.78. The van der Waals surface area contributed by atoms with Crippen LogP contribution in [-0.2, 0) is 9.59 Å². The zero-order valence-corrected chi connectivity index (χ0v) is 17.9. The van der Waals surface area contributed by atoms with Crippen molar-refractivity contribution >= 4 is 29.3 Å². The van der Waals surface area contributed by atoms with Crippen molar-refractivity contribution in [2.75, 3.05) is 32.7 Å². The van der Waals surface area contributed by atoms with Gasteiger partial charge >= 0.3 is 0 Å². The van der Waals surface area contributed by atoms with Crippen molar-refractivity contribution in [1.82, 2.24) is 14.7 Å². The first-order valence-electron chi connectivity index (χ1n) is 10.2. The minimum absolute atomic E-state index is 0.0187. The largest absolute Gasteiger partial charge is 0.339 e. The first-order valence-corrected chi connectivity index (χ1v) is 10.2. The molecule has 3 rings (SSSR count). The lowest BCUT2D eigenvalue weighted by atomic mass is 9.94. The van der Waals surface area contributed by atoms with E-state index in [1.165, 1.54) is 12.1 Å². The van der Waals surface area contributed by atoms with E-state index in [9.17, 15) is 29.3 Å². The molecule has 1 aromatic rings. The third kappa shape index (κ3) is 4.57. The summed E-state index contributed by atoms with van der Waals surface area (Å²) in [6, 6.07) is 3.59. The Labute approximate surface area is 179 Å². The highest BCUT2D eigenvalue weighted by Gasteiger charge is 2.36. The van der Waals surface area contributed by atoms with Crippen molar-refractivity contribution < 1.29 is 24.1 Å². The summed E-state index contributed by atoms with van der Waals surface area (Å²) in [5.74, 6) is -1.11. The molecular formula is C21H26N4O6. The van der Waals surface area contributed by atoms with Gasteiger partial charge in [0.25, 0.3) is 17.5 Å². The predicted octanol–water partition coefficient (Wildman–Crippen LogP) is 1.69. The number of amides is 4. The summed E-state index contributed by atoms with van der Waals surface area (Å²) in [5.41, 5.74) is -0.549. The highest BCUT2D eigenvalue weighted by molar-refractivity contribution is 6.21. The summed E-state index contributed by atoms with van der Waals surface area (Å²) in [7, 11) is 0. The van der Waals surface area contributed by atoms with Gasteiger partial charge < -0.3 is 9.80 Å². The summed E-state index contributed by atoms with van der Waals surface area (Å²) in [6.07, 6.45) is 0.467. The van der Waals surface area contributed by atoms with Gasteiger partial charge in [-0.3, -0.25) is 34.2 Å². The van der Waals surface area contributed by atoms with E-state index >= 15 is 0 Å². The molecule has 0 radical (unpaired) electrons. The summed E-state index contributed by atoms with van der Waals surface area (Å²) < 4.78 is 0. The number of nitro benzene ring substituents is 1. The molecule has 4 amide bonds. The van der Waals surface area contributed by atoms with Gasteiger partial charge in [0.1, 0.15) is 0 Å². The summed E-state index contributed by atoms with van der Waals surface area (Å²) in [4.78, 5) is 64.6. The fraction of sp³-hybridized carbons (Fsp3) is 0.524. The average Bonchev–Trinajstić information content (AvgIpc) is 2.96. The van der Waals surface area contributed by atoms with Gasteiger partial charge in [-0.05, 0) is 12.5 Å². The molecule has 166 valence electrons. The molecule has 0 aromatic heterocycles. The minimum atomic E-state index is -0.617. The van der Waals surface area contributed by atoms with Crippen LogP contribution in [-0.4, -0.2) is 76.0 Å². The van der Waals surface area contributed by atoms with Gasteiger partial charge in [0, 0.05) is 56.7 Å². The van der Waals surface area contributed by atoms with E-state index in [1.807, 2.05) is 20.8 Å². The quantitative estimate of drug-likeness (QED) is 0.398. The number of imide groups is 1. The number of non-ortho nitro benzene ring substituents is 1. The number of nitro groups is 1. The zero-order chi connectivity index (χ0) is 22.9. The molecule has 1 fully saturated rings. The minimum Gasteiger partial charge on any atom is -0.339 e. The number of hydrogen-bond donors (Lipinski definition) is 0. The highest BCUT2D eigenvalue weighted by Crippen LogP contribution is 2.27. The number of nitrogens with zero attached hydrogens (tertiary/aromatic N) is 4. The van der Waals surface area contributed by atoms with Crippen molar-refractivity contribution in [3.05, 3.63) is 39.4 Å². The molecule has 0 N–H and O–H groups in total. The van der Waals surface area contributed by atoms with Crippen LogP contribution in [0.25, 0.3) is 0 Å². The lowest BCUT2D eigenvalue weighted by Crippen LogP contribution is -2.53. The molecule has 2 heterocycles. The number of carbonyl (C=O) groups excluding carboxylic acids is 4. The molecule has 2 aliphatic heterocycles. The van der Waals surface area contributed by atoms with Crippen molar-refractivity contribution in [2.45, 2.75) is 33.6 Å². The number of hydrogen-bond acceptors (Lipinski definition) is 6. The normalized spacial score (nSPS) is 16.5. The van der Waals surface area contributed by atoms with Crippen LogP contribution in [0, 0.1) is 15.5 Å². The molecule has 0 bridgehead atoms. The van der Waals surface area contributed by atoms with Crippen molar-refractivity contribution in [3.63, 3.8) is 0 Å². The van der Waals surface area contributed by atoms with Crippen LogP contribution >= 0.6 is 0 Å². The van der Waals surface area contributed by atoms with Crippen LogP contribution in [0.1, 0.15) is 54.3 Å². The van der Waals surface area contributed by atoms with E-state index in [2.05, 4.69) is 0 Å². The van der Waals surface area contributed by atoms with Crippen molar-refractivity contribution in [3.8, 4) is 0 Å². The molecule has 2 aliphatic rings. The number of carbonyl (C=O) groups is 4. The Balaban J connectivity index is 1.50. The fourth-order valence-corrected chi connectivity index (χ4v) is 3.78. The molecule has 31 heavy (non-hydrogen) atoms. The van der Waals surface area contributed by atoms with Gasteiger partial charge in [0.2, 0.25) is 11.8 Å². The topological polar surface area (TPSA) is 121 Å². The Morgan fingerprint density at radius 1 is 1.00 bits per heavy atom. The Morgan fingerprint density at radius 3 is 2.16 bits per heavy atom. The van der Waals surface area contributed by atoms with Gasteiger partial charge in [0.15, 0.2) is 0 Å². The molecule has 0 aliphatic carbocycles. The SMILES string of the molecule is CC(C)(C)C(=O)N1CCN(C(=O)CCCN2C(=O)c3ccc([N+](=O)[O-])cc3C2=O)CC1. The highest BCUT2D eigenvalue weighted by atomic mass is 16.6. The van der Waals surface area contributed by atoms with Crippen LogP contribution in [0.4, 0.5) is 5.69 Å². The molecular weight excluding hydrogens is 404 g/mol. The van der Waals surface area contributed by atoms with Gasteiger partial charge in [-0.25, -0.2) is 0 Å². The zero-order valence-electron chi connectivity index (χ0n) is 17.9. The molecule has 0 spiro atoms. The Bertz CT molecular complexity index is 944. The molecule has 10 nitrogen and oxygen atoms in total. The van der Waals surface area contributed by atoms with Crippen LogP contribution in [0.3, 0.4) is 0 Å². The van der Waals surface area contributed by atoms with E-state index in [-0.39, 0.29) is 41.6 Å².